The summed E-state index contributed by atoms with van der Waals surface area (Å²) in [5.74, 6) is 4.03. The fourth-order valence-corrected chi connectivity index (χ4v) is 1.96. The fourth-order valence-electron chi connectivity index (χ4n) is 1.96. The third kappa shape index (κ3) is 6.13. The standard InChI is InChI=1S/C19H15F4NO2/c20-17-10-9-16(19(21,22)23)12-15(17)8-4-5-11-24-18(25)26-13-14-6-2-1-3-7-14/h1-3,6-7,9-10,12H,5,11,13H2,(H,24,25). The molecule has 3 nitrogen and oxygen atoms in total. The summed E-state index contributed by atoms with van der Waals surface area (Å²) in [6, 6.07) is 11.1. The molecule has 0 unspecified atom stereocenters. The molecule has 0 fully saturated rings. The molecular formula is C19H15F4NO2. The van der Waals surface area contributed by atoms with Crippen molar-refractivity contribution < 1.29 is 27.1 Å². The molecule has 0 heterocycles. The van der Waals surface area contributed by atoms with Gasteiger partial charge in [-0.3, -0.25) is 0 Å². The molecule has 0 radical (unpaired) electrons. The maximum Gasteiger partial charge on any atom is 0.416 e. The number of benzene rings is 2. The molecule has 1 amide bonds. The zero-order valence-corrected chi connectivity index (χ0v) is 13.6. The van der Waals surface area contributed by atoms with Crippen LogP contribution >= 0.6 is 0 Å². The normalized spacial score (nSPS) is 10.6. The summed E-state index contributed by atoms with van der Waals surface area (Å²) in [7, 11) is 0. The molecule has 1 N–H and O–H groups in total. The van der Waals surface area contributed by atoms with E-state index in [1.54, 1.807) is 0 Å². The first kappa shape index (κ1) is 19.3. The highest BCUT2D eigenvalue weighted by Crippen LogP contribution is 2.30. The highest BCUT2D eigenvalue weighted by Gasteiger charge is 2.30. The second-order valence-corrected chi connectivity index (χ2v) is 5.23. The van der Waals surface area contributed by atoms with Crippen LogP contribution in [0.4, 0.5) is 22.4 Å². The van der Waals surface area contributed by atoms with Gasteiger partial charge in [-0.2, -0.15) is 13.2 Å². The summed E-state index contributed by atoms with van der Waals surface area (Å²) in [6.45, 7) is 0.245. The fraction of sp³-hybridized carbons (Fsp3) is 0.211. The number of rotatable bonds is 4. The van der Waals surface area contributed by atoms with Crippen molar-refractivity contribution in [3.63, 3.8) is 0 Å². The topological polar surface area (TPSA) is 38.3 Å². The van der Waals surface area contributed by atoms with Crippen LogP contribution in [0.5, 0.6) is 0 Å². The van der Waals surface area contributed by atoms with Gasteiger partial charge in [-0.15, -0.1) is 0 Å². The molecular weight excluding hydrogens is 350 g/mol. The van der Waals surface area contributed by atoms with Crippen molar-refractivity contribution in [3.05, 3.63) is 71.0 Å². The lowest BCUT2D eigenvalue weighted by atomic mass is 10.1. The highest BCUT2D eigenvalue weighted by molar-refractivity contribution is 5.67. The zero-order valence-electron chi connectivity index (χ0n) is 13.6. The van der Waals surface area contributed by atoms with E-state index in [2.05, 4.69) is 17.2 Å². The molecule has 0 aliphatic carbocycles. The lowest BCUT2D eigenvalue weighted by Gasteiger charge is -2.07. The predicted octanol–water partition coefficient (Wildman–Crippen LogP) is 4.51. The average molecular weight is 365 g/mol. The number of carbonyl (C=O) groups is 1. The molecule has 2 rings (SSSR count). The highest BCUT2D eigenvalue weighted by atomic mass is 19.4. The smallest absolute Gasteiger partial charge is 0.416 e. The second kappa shape index (κ2) is 8.90. The molecule has 0 saturated carbocycles. The molecule has 0 atom stereocenters. The summed E-state index contributed by atoms with van der Waals surface area (Å²) in [5, 5.41) is 2.45. The molecule has 7 heteroatoms. The first-order valence-electron chi connectivity index (χ1n) is 7.66. The molecule has 0 saturated heterocycles. The van der Waals surface area contributed by atoms with Crippen molar-refractivity contribution >= 4 is 6.09 Å². The van der Waals surface area contributed by atoms with Gasteiger partial charge in [-0.25, -0.2) is 9.18 Å². The predicted molar refractivity (Wildman–Crippen MR) is 87.5 cm³/mol. The Morgan fingerprint density at radius 3 is 2.54 bits per heavy atom. The van der Waals surface area contributed by atoms with E-state index in [9.17, 15) is 22.4 Å². The number of nitrogens with one attached hydrogen (secondary N) is 1. The zero-order chi connectivity index (χ0) is 19.0. The first-order valence-corrected chi connectivity index (χ1v) is 7.66. The van der Waals surface area contributed by atoms with Gasteiger partial charge in [0.1, 0.15) is 12.4 Å². The molecule has 2 aromatic rings. The number of amides is 1. The number of alkyl halides is 3. The van der Waals surface area contributed by atoms with Gasteiger partial charge in [-0.1, -0.05) is 42.2 Å². The van der Waals surface area contributed by atoms with Crippen molar-refractivity contribution in [2.75, 3.05) is 6.54 Å². The van der Waals surface area contributed by atoms with Crippen LogP contribution in [0, 0.1) is 17.7 Å². The van der Waals surface area contributed by atoms with Gasteiger partial charge in [0.2, 0.25) is 0 Å². The van der Waals surface area contributed by atoms with Crippen LogP contribution in [-0.4, -0.2) is 12.6 Å². The third-order valence-electron chi connectivity index (χ3n) is 3.25. The van der Waals surface area contributed by atoms with Crippen LogP contribution in [-0.2, 0) is 17.5 Å². The molecule has 136 valence electrons. The van der Waals surface area contributed by atoms with Crippen molar-refractivity contribution in [1.29, 1.82) is 0 Å². The van der Waals surface area contributed by atoms with E-state index < -0.39 is 23.7 Å². The van der Waals surface area contributed by atoms with Crippen molar-refractivity contribution in [2.45, 2.75) is 19.2 Å². The van der Waals surface area contributed by atoms with Gasteiger partial charge in [0.15, 0.2) is 0 Å². The van der Waals surface area contributed by atoms with Gasteiger partial charge in [0.05, 0.1) is 11.1 Å². The summed E-state index contributed by atoms with van der Waals surface area (Å²) in [4.78, 5) is 11.5. The number of alkyl carbamates (subject to hydrolysis) is 1. The lowest BCUT2D eigenvalue weighted by molar-refractivity contribution is -0.137. The minimum Gasteiger partial charge on any atom is -0.445 e. The van der Waals surface area contributed by atoms with Crippen molar-refractivity contribution in [2.24, 2.45) is 0 Å². The SMILES string of the molecule is O=C(NCCC#Cc1cc(C(F)(F)F)ccc1F)OCc1ccccc1. The van der Waals surface area contributed by atoms with Crippen molar-refractivity contribution in [1.82, 2.24) is 5.32 Å². The minimum absolute atomic E-state index is 0.119. The van der Waals surface area contributed by atoms with Crippen molar-refractivity contribution in [3.8, 4) is 11.8 Å². The van der Waals surface area contributed by atoms with E-state index >= 15 is 0 Å². The van der Waals surface area contributed by atoms with Crippen LogP contribution in [0.2, 0.25) is 0 Å². The summed E-state index contributed by atoms with van der Waals surface area (Å²) in [6.07, 6.45) is -5.06. The number of hydrogen-bond donors (Lipinski definition) is 1. The Balaban J connectivity index is 1.79. The molecule has 0 aliphatic rings. The van der Waals surface area contributed by atoms with Gasteiger partial charge < -0.3 is 10.1 Å². The second-order valence-electron chi connectivity index (χ2n) is 5.23. The summed E-state index contributed by atoms with van der Waals surface area (Å²) >= 11 is 0. The molecule has 26 heavy (non-hydrogen) atoms. The Kier molecular flexibility index (Phi) is 6.61. The van der Waals surface area contributed by atoms with Gasteiger partial charge in [0, 0.05) is 13.0 Å². The Labute approximate surface area is 148 Å². The van der Waals surface area contributed by atoms with Crippen LogP contribution < -0.4 is 5.32 Å². The minimum atomic E-state index is -4.56. The Bertz CT molecular complexity index is 808. The van der Waals surface area contributed by atoms with E-state index in [1.807, 2.05) is 30.3 Å². The molecule has 0 aromatic heterocycles. The maximum absolute atomic E-state index is 13.5. The summed E-state index contributed by atoms with van der Waals surface area (Å²) in [5.41, 5.74) is -0.472. The largest absolute Gasteiger partial charge is 0.445 e. The maximum atomic E-state index is 13.5. The number of ether oxygens (including phenoxy) is 1. The number of halogens is 4. The molecule has 2 aromatic carbocycles. The van der Waals surface area contributed by atoms with Crippen LogP contribution in [0.25, 0.3) is 0 Å². The van der Waals surface area contributed by atoms with E-state index in [4.69, 9.17) is 4.74 Å². The Morgan fingerprint density at radius 1 is 1.12 bits per heavy atom. The quantitative estimate of drug-likeness (QED) is 0.492. The van der Waals surface area contributed by atoms with E-state index in [0.717, 1.165) is 11.6 Å². The molecule has 0 spiro atoms. The van der Waals surface area contributed by atoms with Gasteiger partial charge in [-0.05, 0) is 23.8 Å². The number of hydrogen-bond acceptors (Lipinski definition) is 2. The summed E-state index contributed by atoms with van der Waals surface area (Å²) < 4.78 is 56.3. The van der Waals surface area contributed by atoms with Gasteiger partial charge in [0.25, 0.3) is 0 Å². The van der Waals surface area contributed by atoms with E-state index in [-0.39, 0.29) is 25.1 Å². The number of carbonyl (C=O) groups excluding carboxylic acids is 1. The van der Waals surface area contributed by atoms with E-state index in [0.29, 0.717) is 12.1 Å². The Morgan fingerprint density at radius 2 is 1.85 bits per heavy atom. The lowest BCUT2D eigenvalue weighted by Crippen LogP contribution is -2.24. The van der Waals surface area contributed by atoms with Crippen LogP contribution in [0.15, 0.2) is 48.5 Å². The van der Waals surface area contributed by atoms with Crippen LogP contribution in [0.1, 0.15) is 23.1 Å². The monoisotopic (exact) mass is 365 g/mol. The average Bonchev–Trinajstić information content (AvgIpc) is 2.61. The van der Waals surface area contributed by atoms with Gasteiger partial charge >= 0.3 is 12.3 Å². The third-order valence-corrected chi connectivity index (χ3v) is 3.25. The van der Waals surface area contributed by atoms with E-state index in [1.165, 1.54) is 0 Å². The first-order chi connectivity index (χ1) is 12.4. The molecule has 0 aliphatic heterocycles. The van der Waals surface area contributed by atoms with Crippen LogP contribution in [0.3, 0.4) is 0 Å². The molecule has 0 bridgehead atoms. The Hall–Kier alpha value is -3.01.